The molecule has 3 rings (SSSR count). The van der Waals surface area contributed by atoms with E-state index in [0.717, 1.165) is 31.5 Å². The van der Waals surface area contributed by atoms with Crippen LogP contribution in [-0.4, -0.2) is 15.0 Å². The van der Waals surface area contributed by atoms with E-state index >= 15 is 0 Å². The van der Waals surface area contributed by atoms with Gasteiger partial charge in [-0.05, 0) is 50.1 Å². The van der Waals surface area contributed by atoms with Gasteiger partial charge in [0.25, 0.3) is 0 Å². The number of aromatic nitrogens is 3. The molecule has 0 amide bonds. The minimum absolute atomic E-state index is 0.679. The van der Waals surface area contributed by atoms with Crippen molar-refractivity contribution in [3.05, 3.63) is 57.0 Å². The van der Waals surface area contributed by atoms with Crippen molar-refractivity contribution in [2.75, 3.05) is 0 Å². The molecule has 3 aromatic rings. The molecule has 0 saturated heterocycles. The van der Waals surface area contributed by atoms with Crippen molar-refractivity contribution in [1.82, 2.24) is 20.3 Å². The summed E-state index contributed by atoms with van der Waals surface area (Å²) in [4.78, 5) is 12.2. The first kappa shape index (κ1) is 13.7. The fraction of sp³-hybridized carbons (Fsp3) is 0.143. The van der Waals surface area contributed by atoms with Gasteiger partial charge in [-0.25, -0.2) is 4.98 Å². The van der Waals surface area contributed by atoms with Gasteiger partial charge in [-0.15, -0.1) is 0 Å². The molecule has 102 valence electrons. The Bertz CT molecular complexity index is 706. The van der Waals surface area contributed by atoms with E-state index in [2.05, 4.69) is 52.1 Å². The van der Waals surface area contributed by atoms with Crippen LogP contribution in [0.5, 0.6) is 0 Å². The van der Waals surface area contributed by atoms with Crippen LogP contribution in [0.3, 0.4) is 0 Å². The third-order valence-electron chi connectivity index (χ3n) is 2.91. The van der Waals surface area contributed by atoms with E-state index in [1.54, 1.807) is 6.20 Å². The Kier molecular flexibility index (Phi) is 4.14. The highest BCUT2D eigenvalue weighted by Crippen LogP contribution is 2.19. The van der Waals surface area contributed by atoms with Gasteiger partial charge in [-0.2, -0.15) is 0 Å². The van der Waals surface area contributed by atoms with Crippen molar-refractivity contribution in [2.45, 2.75) is 13.1 Å². The van der Waals surface area contributed by atoms with Crippen LogP contribution in [0.15, 0.2) is 45.5 Å². The summed E-state index contributed by atoms with van der Waals surface area (Å²) >= 11 is 6.90. The number of aromatic amines is 1. The van der Waals surface area contributed by atoms with Crippen molar-refractivity contribution in [3.8, 4) is 0 Å². The zero-order valence-electron chi connectivity index (χ0n) is 10.5. The molecule has 0 aliphatic carbocycles. The van der Waals surface area contributed by atoms with Gasteiger partial charge >= 0.3 is 0 Å². The largest absolute Gasteiger partial charge is 0.341 e. The van der Waals surface area contributed by atoms with E-state index in [0.29, 0.717) is 13.1 Å². The SMILES string of the molecule is Brc1cnc(CNCc2nc3ccccc3[nH]2)c(Br)c1. The number of imidazole rings is 1. The number of nitrogens with one attached hydrogen (secondary N) is 2. The van der Waals surface area contributed by atoms with Crippen LogP contribution >= 0.6 is 31.9 Å². The Labute approximate surface area is 133 Å². The summed E-state index contributed by atoms with van der Waals surface area (Å²) in [6.45, 7) is 1.36. The van der Waals surface area contributed by atoms with Crippen molar-refractivity contribution >= 4 is 42.9 Å². The lowest BCUT2D eigenvalue weighted by atomic mass is 10.3. The molecule has 0 saturated carbocycles. The fourth-order valence-corrected chi connectivity index (χ4v) is 3.09. The predicted octanol–water partition coefficient (Wildman–Crippen LogP) is 3.77. The molecular weight excluding hydrogens is 384 g/mol. The maximum Gasteiger partial charge on any atom is 0.121 e. The molecule has 0 radical (unpaired) electrons. The Morgan fingerprint density at radius 3 is 2.80 bits per heavy atom. The Morgan fingerprint density at radius 1 is 1.15 bits per heavy atom. The van der Waals surface area contributed by atoms with Crippen molar-refractivity contribution in [2.24, 2.45) is 0 Å². The maximum absolute atomic E-state index is 4.52. The van der Waals surface area contributed by atoms with Gasteiger partial charge in [0, 0.05) is 21.7 Å². The van der Waals surface area contributed by atoms with Crippen LogP contribution in [0.4, 0.5) is 0 Å². The number of rotatable bonds is 4. The van der Waals surface area contributed by atoms with E-state index in [1.165, 1.54) is 0 Å². The van der Waals surface area contributed by atoms with Gasteiger partial charge in [0.15, 0.2) is 0 Å². The minimum Gasteiger partial charge on any atom is -0.341 e. The Balaban J connectivity index is 1.64. The number of hydrogen-bond donors (Lipinski definition) is 2. The molecule has 0 bridgehead atoms. The highest BCUT2D eigenvalue weighted by molar-refractivity contribution is 9.11. The summed E-state index contributed by atoms with van der Waals surface area (Å²) in [6, 6.07) is 10.0. The Morgan fingerprint density at radius 2 is 2.00 bits per heavy atom. The van der Waals surface area contributed by atoms with Gasteiger partial charge in [-0.1, -0.05) is 12.1 Å². The monoisotopic (exact) mass is 394 g/mol. The number of H-pyrrole nitrogens is 1. The molecule has 4 nitrogen and oxygen atoms in total. The van der Waals surface area contributed by atoms with Crippen molar-refractivity contribution < 1.29 is 0 Å². The quantitative estimate of drug-likeness (QED) is 0.706. The summed E-state index contributed by atoms with van der Waals surface area (Å²) in [7, 11) is 0. The Hall–Kier alpha value is -1.24. The second kappa shape index (κ2) is 6.03. The molecule has 0 aliphatic heterocycles. The van der Waals surface area contributed by atoms with E-state index in [1.807, 2.05) is 30.3 Å². The van der Waals surface area contributed by atoms with Crippen LogP contribution in [-0.2, 0) is 13.1 Å². The molecular formula is C14H12Br2N4. The smallest absolute Gasteiger partial charge is 0.121 e. The number of hydrogen-bond acceptors (Lipinski definition) is 3. The number of benzene rings is 1. The first-order chi connectivity index (χ1) is 9.72. The average Bonchev–Trinajstić information content (AvgIpc) is 2.84. The molecule has 0 fully saturated rings. The second-order valence-electron chi connectivity index (χ2n) is 4.39. The van der Waals surface area contributed by atoms with Gasteiger partial charge in [0.2, 0.25) is 0 Å². The molecule has 0 spiro atoms. The molecule has 2 N–H and O–H groups in total. The van der Waals surface area contributed by atoms with Gasteiger partial charge in [0.05, 0.1) is 23.3 Å². The number of halogens is 2. The number of nitrogens with zero attached hydrogens (tertiary/aromatic N) is 2. The van der Waals surface area contributed by atoms with Crippen LogP contribution in [0.25, 0.3) is 11.0 Å². The van der Waals surface area contributed by atoms with Gasteiger partial charge in [-0.3, -0.25) is 4.98 Å². The topological polar surface area (TPSA) is 53.6 Å². The predicted molar refractivity (Wildman–Crippen MR) is 86.3 cm³/mol. The van der Waals surface area contributed by atoms with Crippen molar-refractivity contribution in [1.29, 1.82) is 0 Å². The van der Waals surface area contributed by atoms with Crippen LogP contribution in [0.1, 0.15) is 11.5 Å². The molecule has 0 unspecified atom stereocenters. The van der Waals surface area contributed by atoms with Gasteiger partial charge < -0.3 is 10.3 Å². The fourth-order valence-electron chi connectivity index (χ4n) is 1.96. The van der Waals surface area contributed by atoms with Crippen LogP contribution in [0.2, 0.25) is 0 Å². The van der Waals surface area contributed by atoms with E-state index in [9.17, 15) is 0 Å². The lowest BCUT2D eigenvalue weighted by Gasteiger charge is -2.05. The first-order valence-corrected chi connectivity index (χ1v) is 7.75. The highest BCUT2D eigenvalue weighted by Gasteiger charge is 2.04. The number of para-hydroxylation sites is 2. The number of pyridine rings is 1. The number of fused-ring (bicyclic) bond motifs is 1. The van der Waals surface area contributed by atoms with Crippen LogP contribution < -0.4 is 5.32 Å². The lowest BCUT2D eigenvalue weighted by Crippen LogP contribution is -2.15. The summed E-state index contributed by atoms with van der Waals surface area (Å²) in [5.74, 6) is 0.930. The third-order valence-corrected chi connectivity index (χ3v) is 4.03. The summed E-state index contributed by atoms with van der Waals surface area (Å²) < 4.78 is 1.95. The maximum atomic E-state index is 4.52. The zero-order chi connectivity index (χ0) is 13.9. The van der Waals surface area contributed by atoms with E-state index < -0.39 is 0 Å². The summed E-state index contributed by atoms with van der Waals surface area (Å²) in [5, 5.41) is 3.34. The molecule has 2 heterocycles. The van der Waals surface area contributed by atoms with Crippen LogP contribution in [0, 0.1) is 0 Å². The molecule has 20 heavy (non-hydrogen) atoms. The average molecular weight is 396 g/mol. The summed E-state index contributed by atoms with van der Waals surface area (Å²) in [6.07, 6.45) is 1.79. The lowest BCUT2D eigenvalue weighted by molar-refractivity contribution is 0.656. The zero-order valence-corrected chi connectivity index (χ0v) is 13.7. The molecule has 2 aromatic heterocycles. The highest BCUT2D eigenvalue weighted by atomic mass is 79.9. The second-order valence-corrected chi connectivity index (χ2v) is 6.16. The van der Waals surface area contributed by atoms with E-state index in [4.69, 9.17) is 0 Å². The third kappa shape index (κ3) is 3.08. The molecule has 0 atom stereocenters. The normalized spacial score (nSPS) is 11.1. The molecule has 0 aliphatic rings. The summed E-state index contributed by atoms with van der Waals surface area (Å²) in [5.41, 5.74) is 3.03. The van der Waals surface area contributed by atoms with Gasteiger partial charge in [0.1, 0.15) is 5.82 Å². The minimum atomic E-state index is 0.679. The first-order valence-electron chi connectivity index (χ1n) is 6.16. The molecule has 1 aromatic carbocycles. The van der Waals surface area contributed by atoms with E-state index in [-0.39, 0.29) is 0 Å². The molecule has 6 heteroatoms. The standard InChI is InChI=1S/C14H12Br2N4/c15-9-5-10(16)13(18-6-9)7-17-8-14-19-11-3-1-2-4-12(11)20-14/h1-6,17H,7-8H2,(H,19,20). The van der Waals surface area contributed by atoms with Crippen molar-refractivity contribution in [3.63, 3.8) is 0 Å².